The van der Waals surface area contributed by atoms with Crippen molar-refractivity contribution in [1.82, 2.24) is 4.98 Å². The maximum atomic E-state index is 12.6. The molecule has 0 unspecified atom stereocenters. The van der Waals surface area contributed by atoms with Crippen molar-refractivity contribution in [2.45, 2.75) is 19.0 Å². The molecular formula is C9H5F5N2O. The standard InChI is InChI=1S/C9H5F5N2O/c10-8(11)7-6(9(12,13)14)4(1-2-15)5(17)3-16-7/h3,8,17H,1H2. The largest absolute Gasteiger partial charge is 0.506 e. The maximum Gasteiger partial charge on any atom is 0.418 e. The third-order valence-electron chi connectivity index (χ3n) is 1.94. The van der Waals surface area contributed by atoms with E-state index in [2.05, 4.69) is 4.98 Å². The Bertz CT molecular complexity index is 464. The molecule has 0 radical (unpaired) electrons. The number of halogens is 5. The van der Waals surface area contributed by atoms with Gasteiger partial charge in [0.1, 0.15) is 11.4 Å². The van der Waals surface area contributed by atoms with E-state index in [0.29, 0.717) is 6.20 Å². The summed E-state index contributed by atoms with van der Waals surface area (Å²) >= 11 is 0. The third-order valence-corrected chi connectivity index (χ3v) is 1.94. The molecule has 0 aliphatic heterocycles. The summed E-state index contributed by atoms with van der Waals surface area (Å²) in [5.41, 5.74) is -4.11. The molecule has 0 bridgehead atoms. The van der Waals surface area contributed by atoms with Gasteiger partial charge in [-0.05, 0) is 0 Å². The second-order valence-corrected chi connectivity index (χ2v) is 3.02. The zero-order chi connectivity index (χ0) is 13.2. The third kappa shape index (κ3) is 2.61. The summed E-state index contributed by atoms with van der Waals surface area (Å²) < 4.78 is 62.5. The van der Waals surface area contributed by atoms with E-state index in [0.717, 1.165) is 0 Å². The molecule has 1 heterocycles. The van der Waals surface area contributed by atoms with Gasteiger partial charge >= 0.3 is 6.18 Å². The summed E-state index contributed by atoms with van der Waals surface area (Å²) in [5, 5.41) is 17.5. The highest BCUT2D eigenvalue weighted by Crippen LogP contribution is 2.40. The van der Waals surface area contributed by atoms with Gasteiger partial charge in [0.25, 0.3) is 6.43 Å². The van der Waals surface area contributed by atoms with Crippen LogP contribution in [-0.4, -0.2) is 10.1 Å². The van der Waals surface area contributed by atoms with Gasteiger partial charge in [0, 0.05) is 5.56 Å². The molecule has 92 valence electrons. The van der Waals surface area contributed by atoms with Gasteiger partial charge in [0.2, 0.25) is 0 Å². The average Bonchev–Trinajstić information content (AvgIpc) is 2.18. The van der Waals surface area contributed by atoms with E-state index >= 15 is 0 Å². The minimum Gasteiger partial charge on any atom is -0.506 e. The Morgan fingerprint density at radius 1 is 1.41 bits per heavy atom. The molecule has 0 atom stereocenters. The van der Waals surface area contributed by atoms with Gasteiger partial charge in [-0.2, -0.15) is 18.4 Å². The quantitative estimate of drug-likeness (QED) is 0.823. The van der Waals surface area contributed by atoms with Gasteiger partial charge in [-0.15, -0.1) is 0 Å². The van der Waals surface area contributed by atoms with Crippen LogP contribution in [0.1, 0.15) is 23.2 Å². The van der Waals surface area contributed by atoms with Crippen molar-refractivity contribution >= 4 is 0 Å². The number of aromatic nitrogens is 1. The molecule has 1 aromatic rings. The predicted octanol–water partition coefficient (Wildman–Crippen LogP) is 2.81. The molecule has 0 saturated heterocycles. The molecule has 8 heteroatoms. The molecule has 0 aromatic carbocycles. The van der Waals surface area contributed by atoms with Crippen LogP contribution < -0.4 is 0 Å². The van der Waals surface area contributed by atoms with E-state index in [-0.39, 0.29) is 0 Å². The molecule has 17 heavy (non-hydrogen) atoms. The second kappa shape index (κ2) is 4.53. The lowest BCUT2D eigenvalue weighted by molar-refractivity contribution is -0.140. The molecular weight excluding hydrogens is 247 g/mol. The molecule has 3 nitrogen and oxygen atoms in total. The Balaban J connectivity index is 3.57. The molecule has 0 amide bonds. The molecule has 1 aromatic heterocycles. The van der Waals surface area contributed by atoms with Gasteiger partial charge in [-0.25, -0.2) is 8.78 Å². The lowest BCUT2D eigenvalue weighted by atomic mass is 10.0. The van der Waals surface area contributed by atoms with Crippen LogP contribution in [0.5, 0.6) is 5.75 Å². The first-order valence-corrected chi connectivity index (χ1v) is 4.22. The van der Waals surface area contributed by atoms with Gasteiger partial charge in [-0.1, -0.05) is 0 Å². The van der Waals surface area contributed by atoms with Crippen LogP contribution in [0.4, 0.5) is 22.0 Å². The van der Waals surface area contributed by atoms with Gasteiger partial charge in [-0.3, -0.25) is 4.98 Å². The van der Waals surface area contributed by atoms with E-state index < -0.39 is 41.6 Å². The average molecular weight is 252 g/mol. The molecule has 1 N–H and O–H groups in total. The molecule has 0 fully saturated rings. The van der Waals surface area contributed by atoms with Crippen molar-refractivity contribution < 1.29 is 27.1 Å². The first-order valence-electron chi connectivity index (χ1n) is 4.22. The maximum absolute atomic E-state index is 12.6. The number of nitrogens with zero attached hydrogens (tertiary/aromatic N) is 2. The number of alkyl halides is 5. The lowest BCUT2D eigenvalue weighted by Gasteiger charge is -2.15. The van der Waals surface area contributed by atoms with Gasteiger partial charge < -0.3 is 5.11 Å². The summed E-state index contributed by atoms with van der Waals surface area (Å²) in [6.07, 6.45) is -8.90. The van der Waals surface area contributed by atoms with Crippen LogP contribution >= 0.6 is 0 Å². The highest BCUT2D eigenvalue weighted by molar-refractivity contribution is 5.43. The molecule has 1 rings (SSSR count). The smallest absolute Gasteiger partial charge is 0.418 e. The van der Waals surface area contributed by atoms with E-state index in [1.54, 1.807) is 0 Å². The number of pyridine rings is 1. The van der Waals surface area contributed by atoms with Crippen molar-refractivity contribution in [3.05, 3.63) is 23.0 Å². The highest BCUT2D eigenvalue weighted by atomic mass is 19.4. The molecule has 0 spiro atoms. The van der Waals surface area contributed by atoms with Crippen molar-refractivity contribution in [2.24, 2.45) is 0 Å². The SMILES string of the molecule is N#CCc1c(O)cnc(C(F)F)c1C(F)(F)F. The molecule has 0 saturated carbocycles. The highest BCUT2D eigenvalue weighted by Gasteiger charge is 2.40. The molecule has 0 aliphatic carbocycles. The van der Waals surface area contributed by atoms with Crippen LogP contribution in [0.25, 0.3) is 0 Å². The zero-order valence-electron chi connectivity index (χ0n) is 8.09. The zero-order valence-corrected chi connectivity index (χ0v) is 8.09. The minimum atomic E-state index is -5.11. The first kappa shape index (κ1) is 13.2. The van der Waals surface area contributed by atoms with Crippen molar-refractivity contribution in [3.63, 3.8) is 0 Å². The van der Waals surface area contributed by atoms with Gasteiger partial charge in [0.15, 0.2) is 0 Å². The lowest BCUT2D eigenvalue weighted by Crippen LogP contribution is -2.15. The van der Waals surface area contributed by atoms with Crippen LogP contribution in [0.3, 0.4) is 0 Å². The van der Waals surface area contributed by atoms with E-state index in [9.17, 15) is 22.0 Å². The number of nitriles is 1. The van der Waals surface area contributed by atoms with Crippen molar-refractivity contribution in [3.8, 4) is 11.8 Å². The summed E-state index contributed by atoms with van der Waals surface area (Å²) in [6.45, 7) is 0. The van der Waals surface area contributed by atoms with E-state index in [4.69, 9.17) is 10.4 Å². The number of rotatable bonds is 2. The normalized spacial score (nSPS) is 11.6. The number of hydrogen-bond acceptors (Lipinski definition) is 3. The topological polar surface area (TPSA) is 56.9 Å². The number of aromatic hydroxyl groups is 1. The summed E-state index contributed by atoms with van der Waals surface area (Å²) in [4.78, 5) is 2.86. The van der Waals surface area contributed by atoms with E-state index in [1.165, 1.54) is 6.07 Å². The van der Waals surface area contributed by atoms with Crippen LogP contribution in [0.2, 0.25) is 0 Å². The first-order chi connectivity index (χ1) is 7.79. The fourth-order valence-corrected chi connectivity index (χ4v) is 1.30. The Morgan fingerprint density at radius 3 is 2.41 bits per heavy atom. The summed E-state index contributed by atoms with van der Waals surface area (Å²) in [7, 11) is 0. The van der Waals surface area contributed by atoms with Crippen LogP contribution in [0, 0.1) is 11.3 Å². The fraction of sp³-hybridized carbons (Fsp3) is 0.333. The van der Waals surface area contributed by atoms with Crippen molar-refractivity contribution in [2.75, 3.05) is 0 Å². The molecule has 0 aliphatic rings. The number of hydrogen-bond donors (Lipinski definition) is 1. The Labute approximate surface area is 92.1 Å². The fourth-order valence-electron chi connectivity index (χ4n) is 1.30. The summed E-state index contributed by atoms with van der Waals surface area (Å²) in [6, 6.07) is 1.37. The Hall–Kier alpha value is -1.91. The van der Waals surface area contributed by atoms with Crippen molar-refractivity contribution in [1.29, 1.82) is 5.26 Å². The minimum absolute atomic E-state index is 0.476. The van der Waals surface area contributed by atoms with Crippen LogP contribution in [-0.2, 0) is 12.6 Å². The predicted molar refractivity (Wildman–Crippen MR) is 45.2 cm³/mol. The monoisotopic (exact) mass is 252 g/mol. The Morgan fingerprint density at radius 2 is 2.00 bits per heavy atom. The van der Waals surface area contributed by atoms with Crippen LogP contribution in [0.15, 0.2) is 6.20 Å². The second-order valence-electron chi connectivity index (χ2n) is 3.02. The summed E-state index contributed by atoms with van der Waals surface area (Å²) in [5.74, 6) is -0.928. The van der Waals surface area contributed by atoms with Gasteiger partial charge in [0.05, 0.1) is 24.3 Å². The van der Waals surface area contributed by atoms with E-state index in [1.807, 2.05) is 0 Å². The Kier molecular flexibility index (Phi) is 3.50.